The Morgan fingerprint density at radius 3 is 2.64 bits per heavy atom. The Hall–Kier alpha value is -1.77. The molecule has 1 aromatic carbocycles. The lowest BCUT2D eigenvalue weighted by atomic mass is 10.2. The number of benzene rings is 1. The van der Waals surface area contributed by atoms with Gasteiger partial charge in [0, 0.05) is 5.38 Å². The Kier molecular flexibility index (Phi) is 4.94. The number of hydrogen-bond acceptors (Lipinski definition) is 5. The minimum Gasteiger partial charge on any atom is -0.277 e. The Morgan fingerprint density at radius 1 is 1.27 bits per heavy atom. The molecule has 0 fully saturated rings. The third kappa shape index (κ3) is 4.12. The summed E-state index contributed by atoms with van der Waals surface area (Å²) in [5.74, 6) is -0.459. The molecule has 0 aliphatic heterocycles. The molecule has 0 aliphatic rings. The standard InChI is InChI=1S/C14H17N3O3S2/c1-9-4-5-10(2)13(6-9)22(19,20)17-16-14(18)7-12-8-21-11(3)15-12/h4-6,8,17H,7H2,1-3H3,(H,16,18). The highest BCUT2D eigenvalue weighted by atomic mass is 32.2. The molecule has 0 radical (unpaired) electrons. The van der Waals surface area contributed by atoms with Gasteiger partial charge in [-0.25, -0.2) is 13.4 Å². The lowest BCUT2D eigenvalue weighted by Crippen LogP contribution is -2.42. The molecule has 1 amide bonds. The van der Waals surface area contributed by atoms with Crippen LogP contribution in [-0.2, 0) is 21.2 Å². The van der Waals surface area contributed by atoms with Crippen LogP contribution in [0.4, 0.5) is 0 Å². The smallest absolute Gasteiger partial charge is 0.257 e. The summed E-state index contributed by atoms with van der Waals surface area (Å²) < 4.78 is 24.5. The summed E-state index contributed by atoms with van der Waals surface area (Å²) in [5, 5.41) is 2.63. The fraction of sp³-hybridized carbons (Fsp3) is 0.286. The van der Waals surface area contributed by atoms with Crippen molar-refractivity contribution in [3.05, 3.63) is 45.4 Å². The van der Waals surface area contributed by atoms with Gasteiger partial charge >= 0.3 is 0 Å². The quantitative estimate of drug-likeness (QED) is 0.810. The topological polar surface area (TPSA) is 88.2 Å². The third-order valence-electron chi connectivity index (χ3n) is 2.97. The van der Waals surface area contributed by atoms with E-state index in [1.807, 2.05) is 19.9 Å². The molecule has 0 atom stereocenters. The number of nitrogens with zero attached hydrogens (tertiary/aromatic N) is 1. The van der Waals surface area contributed by atoms with Crippen molar-refractivity contribution in [3.8, 4) is 0 Å². The molecule has 0 unspecified atom stereocenters. The zero-order chi connectivity index (χ0) is 16.3. The first kappa shape index (κ1) is 16.6. The number of hydrogen-bond donors (Lipinski definition) is 2. The van der Waals surface area contributed by atoms with E-state index in [9.17, 15) is 13.2 Å². The van der Waals surface area contributed by atoms with Crippen LogP contribution in [0.1, 0.15) is 21.8 Å². The number of aryl methyl sites for hydroxylation is 3. The lowest BCUT2D eigenvalue weighted by Gasteiger charge is -2.10. The zero-order valence-corrected chi connectivity index (χ0v) is 14.1. The molecule has 1 aromatic heterocycles. The van der Waals surface area contributed by atoms with Gasteiger partial charge < -0.3 is 0 Å². The zero-order valence-electron chi connectivity index (χ0n) is 12.5. The minimum absolute atomic E-state index is 0.0274. The molecule has 1 heterocycles. The van der Waals surface area contributed by atoms with E-state index in [4.69, 9.17) is 0 Å². The van der Waals surface area contributed by atoms with Crippen molar-refractivity contribution >= 4 is 27.3 Å². The van der Waals surface area contributed by atoms with Crippen LogP contribution < -0.4 is 10.3 Å². The van der Waals surface area contributed by atoms with Gasteiger partial charge in [-0.3, -0.25) is 10.2 Å². The maximum atomic E-state index is 12.2. The van der Waals surface area contributed by atoms with E-state index in [2.05, 4.69) is 15.2 Å². The van der Waals surface area contributed by atoms with Gasteiger partial charge in [0.2, 0.25) is 5.91 Å². The van der Waals surface area contributed by atoms with Crippen molar-refractivity contribution in [2.75, 3.05) is 0 Å². The molecule has 0 bridgehead atoms. The Labute approximate surface area is 133 Å². The number of aromatic nitrogens is 1. The highest BCUT2D eigenvalue weighted by Gasteiger charge is 2.18. The van der Waals surface area contributed by atoms with Crippen LogP contribution in [0.5, 0.6) is 0 Å². The molecule has 0 aliphatic carbocycles. The van der Waals surface area contributed by atoms with Crippen LogP contribution in [0.3, 0.4) is 0 Å². The summed E-state index contributed by atoms with van der Waals surface area (Å²) in [4.78, 5) is 18.2. The van der Waals surface area contributed by atoms with Crippen LogP contribution in [-0.4, -0.2) is 19.3 Å². The number of nitrogens with one attached hydrogen (secondary N) is 2. The van der Waals surface area contributed by atoms with Gasteiger partial charge in [-0.15, -0.1) is 16.2 Å². The van der Waals surface area contributed by atoms with E-state index < -0.39 is 15.9 Å². The van der Waals surface area contributed by atoms with Crippen LogP contribution in [0.25, 0.3) is 0 Å². The van der Waals surface area contributed by atoms with Crippen LogP contribution in [0.15, 0.2) is 28.5 Å². The number of sulfonamides is 1. The molecule has 6 nitrogen and oxygen atoms in total. The average molecular weight is 339 g/mol. The highest BCUT2D eigenvalue weighted by molar-refractivity contribution is 7.89. The van der Waals surface area contributed by atoms with Crippen molar-refractivity contribution in [2.24, 2.45) is 0 Å². The molecule has 8 heteroatoms. The molecule has 118 valence electrons. The average Bonchev–Trinajstić information content (AvgIpc) is 2.84. The van der Waals surface area contributed by atoms with Crippen molar-refractivity contribution in [2.45, 2.75) is 32.1 Å². The second-order valence-corrected chi connectivity index (χ2v) is 7.67. The number of amides is 1. The maximum Gasteiger partial charge on any atom is 0.257 e. The van der Waals surface area contributed by atoms with Crippen molar-refractivity contribution in [1.29, 1.82) is 0 Å². The number of rotatable bonds is 5. The Morgan fingerprint density at radius 2 is 2.00 bits per heavy atom. The number of carbonyl (C=O) groups excluding carboxylic acids is 1. The third-order valence-corrected chi connectivity index (χ3v) is 5.18. The molecule has 0 saturated carbocycles. The summed E-state index contributed by atoms with van der Waals surface area (Å²) >= 11 is 1.44. The van der Waals surface area contributed by atoms with Gasteiger partial charge in [-0.1, -0.05) is 12.1 Å². The number of thiazole rings is 1. The fourth-order valence-corrected chi connectivity index (χ4v) is 3.68. The first-order chi connectivity index (χ1) is 10.3. The first-order valence-corrected chi connectivity index (χ1v) is 8.93. The normalized spacial score (nSPS) is 11.4. The second kappa shape index (κ2) is 6.55. The molecular weight excluding hydrogens is 322 g/mol. The molecule has 2 rings (SSSR count). The van der Waals surface area contributed by atoms with Gasteiger partial charge in [0.05, 0.1) is 22.0 Å². The van der Waals surface area contributed by atoms with Crippen molar-refractivity contribution in [1.82, 2.24) is 15.2 Å². The summed E-state index contributed by atoms with van der Waals surface area (Å²) in [7, 11) is -3.80. The van der Waals surface area contributed by atoms with E-state index >= 15 is 0 Å². The van der Waals surface area contributed by atoms with Crippen LogP contribution in [0, 0.1) is 20.8 Å². The lowest BCUT2D eigenvalue weighted by molar-refractivity contribution is -0.120. The van der Waals surface area contributed by atoms with Gasteiger partial charge in [-0.2, -0.15) is 0 Å². The summed E-state index contributed by atoms with van der Waals surface area (Å²) in [6.45, 7) is 5.35. The Bertz CT molecular complexity index is 797. The molecule has 0 spiro atoms. The summed E-state index contributed by atoms with van der Waals surface area (Å²) in [6, 6.07) is 5.12. The van der Waals surface area contributed by atoms with Crippen LogP contribution >= 0.6 is 11.3 Å². The minimum atomic E-state index is -3.80. The molecule has 22 heavy (non-hydrogen) atoms. The van der Waals surface area contributed by atoms with E-state index in [1.54, 1.807) is 24.4 Å². The number of carbonyl (C=O) groups is 1. The molecule has 2 N–H and O–H groups in total. The van der Waals surface area contributed by atoms with Gasteiger partial charge in [0.15, 0.2) is 0 Å². The number of hydrazine groups is 1. The predicted octanol–water partition coefficient (Wildman–Crippen LogP) is 1.62. The highest BCUT2D eigenvalue weighted by Crippen LogP contribution is 2.16. The van der Waals surface area contributed by atoms with E-state index in [0.29, 0.717) is 11.3 Å². The van der Waals surface area contributed by atoms with Crippen LogP contribution in [0.2, 0.25) is 0 Å². The monoisotopic (exact) mass is 339 g/mol. The SMILES string of the molecule is Cc1ccc(C)c(S(=O)(=O)NNC(=O)Cc2csc(C)n2)c1. The van der Waals surface area contributed by atoms with Gasteiger partial charge in [0.1, 0.15) is 0 Å². The van der Waals surface area contributed by atoms with Gasteiger partial charge in [0.25, 0.3) is 10.0 Å². The van der Waals surface area contributed by atoms with E-state index in [1.165, 1.54) is 11.3 Å². The Balaban J connectivity index is 2.03. The summed E-state index contributed by atoms with van der Waals surface area (Å²) in [6.07, 6.45) is 0.0274. The largest absolute Gasteiger partial charge is 0.277 e. The van der Waals surface area contributed by atoms with E-state index in [0.717, 1.165) is 10.6 Å². The van der Waals surface area contributed by atoms with Crippen molar-refractivity contribution < 1.29 is 13.2 Å². The maximum absolute atomic E-state index is 12.2. The first-order valence-electron chi connectivity index (χ1n) is 6.57. The fourth-order valence-electron chi connectivity index (χ4n) is 1.87. The van der Waals surface area contributed by atoms with Gasteiger partial charge in [-0.05, 0) is 38.0 Å². The molecule has 2 aromatic rings. The molecular formula is C14H17N3O3S2. The van der Waals surface area contributed by atoms with E-state index in [-0.39, 0.29) is 11.3 Å². The summed E-state index contributed by atoms with van der Waals surface area (Å²) in [5.41, 5.74) is 4.27. The van der Waals surface area contributed by atoms with Crippen molar-refractivity contribution in [3.63, 3.8) is 0 Å². The predicted molar refractivity (Wildman–Crippen MR) is 84.9 cm³/mol. The second-order valence-electron chi connectivity index (χ2n) is 4.96. The molecule has 0 saturated heterocycles.